The predicted octanol–water partition coefficient (Wildman–Crippen LogP) is 3.93. The molecule has 2 heteroatoms. The van der Waals surface area contributed by atoms with E-state index in [-0.39, 0.29) is 0 Å². The molecule has 2 heterocycles. The Morgan fingerprint density at radius 3 is 2.38 bits per heavy atom. The Hall–Kier alpha value is 0.860. The molecule has 0 N–H and O–H groups in total. The highest BCUT2D eigenvalue weighted by Crippen LogP contribution is 2.53. The molecule has 0 bridgehead atoms. The minimum absolute atomic E-state index is 0.494. The van der Waals surface area contributed by atoms with Crippen LogP contribution in [-0.2, 0) is 0 Å². The van der Waals surface area contributed by atoms with Gasteiger partial charge in [-0.3, -0.25) is 0 Å². The van der Waals surface area contributed by atoms with Gasteiger partial charge in [0.05, 0.1) is 0 Å². The Labute approximate surface area is 85.4 Å². The molecule has 2 aliphatic heterocycles. The molecule has 2 fully saturated rings. The molecule has 0 nitrogen and oxygen atoms in total. The summed E-state index contributed by atoms with van der Waals surface area (Å²) in [5, 5.41) is 0. The largest absolute Gasteiger partial charge is 0.106 e. The van der Waals surface area contributed by atoms with Crippen molar-refractivity contribution in [2.24, 2.45) is 0 Å². The molecule has 0 aromatic rings. The van der Waals surface area contributed by atoms with Crippen molar-refractivity contribution >= 4 is 15.8 Å². The van der Waals surface area contributed by atoms with Crippen molar-refractivity contribution < 1.29 is 0 Å². The summed E-state index contributed by atoms with van der Waals surface area (Å²) in [6, 6.07) is 0. The predicted molar refractivity (Wildman–Crippen MR) is 66.1 cm³/mol. The van der Waals surface area contributed by atoms with Crippen molar-refractivity contribution in [3.05, 3.63) is 0 Å². The average molecular weight is 216 g/mol. The van der Waals surface area contributed by atoms with Gasteiger partial charge in [-0.05, 0) is 62.2 Å². The smallest absolute Gasteiger partial charge is 0.0237 e. The molecule has 2 aliphatic rings. The fourth-order valence-electron chi connectivity index (χ4n) is 2.60. The van der Waals surface area contributed by atoms with E-state index in [4.69, 9.17) is 0 Å². The highest BCUT2D eigenvalue weighted by molar-refractivity contribution is 7.62. The van der Waals surface area contributed by atoms with E-state index < -0.39 is 0 Å². The summed E-state index contributed by atoms with van der Waals surface area (Å²) in [6.45, 7) is 2.50. The molecule has 0 aromatic heterocycles. The van der Waals surface area contributed by atoms with E-state index in [0.29, 0.717) is 15.8 Å². The first kappa shape index (κ1) is 10.4. The quantitative estimate of drug-likeness (QED) is 0.627. The van der Waals surface area contributed by atoms with E-state index in [9.17, 15) is 0 Å². The number of hydrogen-bond acceptors (Lipinski definition) is 0. The Kier molecular flexibility index (Phi) is 4.06. The summed E-state index contributed by atoms with van der Waals surface area (Å²) < 4.78 is 0. The van der Waals surface area contributed by atoms with Crippen molar-refractivity contribution in [3.63, 3.8) is 0 Å². The molecule has 76 valence electrons. The zero-order chi connectivity index (χ0) is 9.10. The molecule has 1 unspecified atom stereocenters. The van der Waals surface area contributed by atoms with Crippen molar-refractivity contribution in [3.8, 4) is 0 Å². The SMILES string of the molecule is C[C@H]1CCCP1CCP1CCCC1. The first-order valence-electron chi connectivity index (χ1n) is 5.82. The molecule has 0 spiro atoms. The lowest BCUT2D eigenvalue weighted by Gasteiger charge is -2.18. The lowest BCUT2D eigenvalue weighted by Crippen LogP contribution is -1.99. The monoisotopic (exact) mass is 216 g/mol. The van der Waals surface area contributed by atoms with Crippen molar-refractivity contribution in [2.75, 3.05) is 30.8 Å². The summed E-state index contributed by atoms with van der Waals surface area (Å²) in [6.07, 6.45) is 14.3. The van der Waals surface area contributed by atoms with Crippen LogP contribution in [0.5, 0.6) is 0 Å². The second-order valence-electron chi connectivity index (χ2n) is 4.58. The molecule has 2 saturated heterocycles. The molecule has 2 atom stereocenters. The Bertz CT molecular complexity index is 152. The van der Waals surface area contributed by atoms with Gasteiger partial charge in [-0.15, -0.1) is 15.8 Å². The molecular formula is C11H22P2. The van der Waals surface area contributed by atoms with Crippen LogP contribution in [0, 0.1) is 0 Å². The molecular weight excluding hydrogens is 194 g/mol. The number of hydrogen-bond donors (Lipinski definition) is 0. The minimum atomic E-state index is 0.494. The van der Waals surface area contributed by atoms with Crippen LogP contribution < -0.4 is 0 Å². The van der Waals surface area contributed by atoms with Crippen LogP contribution in [0.3, 0.4) is 0 Å². The first-order valence-corrected chi connectivity index (χ1v) is 9.50. The van der Waals surface area contributed by atoms with Gasteiger partial charge in [0, 0.05) is 0 Å². The summed E-state index contributed by atoms with van der Waals surface area (Å²) in [5.74, 6) is 0. The lowest BCUT2D eigenvalue weighted by atomic mass is 10.3. The maximum atomic E-state index is 2.50. The highest BCUT2D eigenvalue weighted by Gasteiger charge is 2.23. The third-order valence-corrected chi connectivity index (χ3v) is 9.89. The lowest BCUT2D eigenvalue weighted by molar-refractivity contribution is 0.835. The van der Waals surface area contributed by atoms with E-state index >= 15 is 0 Å². The normalized spacial score (nSPS) is 35.8. The van der Waals surface area contributed by atoms with Gasteiger partial charge in [0.2, 0.25) is 0 Å². The van der Waals surface area contributed by atoms with Crippen LogP contribution in [0.2, 0.25) is 0 Å². The van der Waals surface area contributed by atoms with Crippen molar-refractivity contribution in [1.29, 1.82) is 0 Å². The van der Waals surface area contributed by atoms with Gasteiger partial charge in [0.1, 0.15) is 0 Å². The van der Waals surface area contributed by atoms with Crippen LogP contribution in [0.25, 0.3) is 0 Å². The van der Waals surface area contributed by atoms with E-state index in [0.717, 1.165) is 5.66 Å². The number of rotatable bonds is 3. The fraction of sp³-hybridized carbons (Fsp3) is 1.00. The molecule has 0 radical (unpaired) electrons. The van der Waals surface area contributed by atoms with Crippen LogP contribution in [0.1, 0.15) is 32.6 Å². The maximum absolute atomic E-state index is 2.50. The third-order valence-electron chi connectivity index (χ3n) is 3.59. The van der Waals surface area contributed by atoms with Gasteiger partial charge in [-0.25, -0.2) is 0 Å². The van der Waals surface area contributed by atoms with Crippen molar-refractivity contribution in [2.45, 2.75) is 38.3 Å². The summed E-state index contributed by atoms with van der Waals surface area (Å²) >= 11 is 0. The topological polar surface area (TPSA) is 0 Å². The zero-order valence-electron chi connectivity index (χ0n) is 8.84. The fourth-order valence-corrected chi connectivity index (χ4v) is 9.01. The zero-order valence-corrected chi connectivity index (χ0v) is 10.6. The molecule has 2 rings (SSSR count). The molecule has 0 aliphatic carbocycles. The molecule has 13 heavy (non-hydrogen) atoms. The van der Waals surface area contributed by atoms with Gasteiger partial charge in [-0.1, -0.05) is 6.92 Å². The highest BCUT2D eigenvalue weighted by atomic mass is 31.1. The van der Waals surface area contributed by atoms with Gasteiger partial charge < -0.3 is 0 Å². The second kappa shape index (κ2) is 5.09. The molecule has 0 amide bonds. The Morgan fingerprint density at radius 1 is 1.00 bits per heavy atom. The van der Waals surface area contributed by atoms with Gasteiger partial charge in [0.25, 0.3) is 0 Å². The third kappa shape index (κ3) is 2.90. The summed E-state index contributed by atoms with van der Waals surface area (Å²) in [4.78, 5) is 0. The van der Waals surface area contributed by atoms with E-state index in [1.165, 1.54) is 0 Å². The Morgan fingerprint density at radius 2 is 1.77 bits per heavy atom. The standard InChI is InChI=1S/C11H22P2/c1-11-5-4-8-13(11)10-9-12-6-2-3-7-12/h11H,2-10H2,1H3/t11-,13?/m0/s1. The van der Waals surface area contributed by atoms with E-state index in [1.807, 2.05) is 0 Å². The van der Waals surface area contributed by atoms with Gasteiger partial charge in [-0.2, -0.15) is 0 Å². The Balaban J connectivity index is 1.66. The van der Waals surface area contributed by atoms with E-state index in [1.54, 1.807) is 56.5 Å². The maximum Gasteiger partial charge on any atom is -0.0237 e. The molecule has 0 aromatic carbocycles. The van der Waals surface area contributed by atoms with Crippen LogP contribution in [0.15, 0.2) is 0 Å². The van der Waals surface area contributed by atoms with Gasteiger partial charge in [0.15, 0.2) is 0 Å². The van der Waals surface area contributed by atoms with Crippen LogP contribution in [-0.4, -0.2) is 36.5 Å². The molecule has 0 saturated carbocycles. The summed E-state index contributed by atoms with van der Waals surface area (Å²) in [7, 11) is 1.03. The van der Waals surface area contributed by atoms with Gasteiger partial charge >= 0.3 is 0 Å². The van der Waals surface area contributed by atoms with E-state index in [2.05, 4.69) is 6.92 Å². The minimum Gasteiger partial charge on any atom is -0.106 e. The van der Waals surface area contributed by atoms with Crippen LogP contribution >= 0.6 is 15.8 Å². The second-order valence-corrected chi connectivity index (χ2v) is 10.2. The summed E-state index contributed by atoms with van der Waals surface area (Å²) in [5.41, 5.74) is 1.12. The first-order chi connectivity index (χ1) is 6.36. The van der Waals surface area contributed by atoms with Crippen LogP contribution in [0.4, 0.5) is 0 Å². The average Bonchev–Trinajstić information content (AvgIpc) is 2.72. The van der Waals surface area contributed by atoms with Crippen molar-refractivity contribution in [1.82, 2.24) is 0 Å².